The predicted molar refractivity (Wildman–Crippen MR) is 155 cm³/mol. The van der Waals surface area contributed by atoms with E-state index in [2.05, 4.69) is 25.3 Å². The Hall–Kier alpha value is -5.34. The number of carboxylic acids is 2. The third-order valence-corrected chi connectivity index (χ3v) is 6.70. The van der Waals surface area contributed by atoms with Crippen molar-refractivity contribution < 1.29 is 34.1 Å². The van der Waals surface area contributed by atoms with Crippen molar-refractivity contribution in [3.63, 3.8) is 0 Å². The second-order valence-corrected chi connectivity index (χ2v) is 9.92. The molecule has 1 aliphatic carbocycles. The number of carboxylic acid groups (broad SMARTS) is 2. The van der Waals surface area contributed by atoms with E-state index in [0.717, 1.165) is 25.7 Å². The second kappa shape index (κ2) is 14.0. The minimum absolute atomic E-state index is 0.0315. The topological polar surface area (TPSA) is 237 Å². The van der Waals surface area contributed by atoms with Crippen LogP contribution < -0.4 is 21.7 Å². The summed E-state index contributed by atoms with van der Waals surface area (Å²) in [5.74, 6) is -3.27. The Bertz CT molecular complexity index is 1530. The lowest BCUT2D eigenvalue weighted by atomic mass is 10.0. The van der Waals surface area contributed by atoms with E-state index in [1.54, 1.807) is 0 Å². The molecule has 0 saturated heterocycles. The van der Waals surface area contributed by atoms with Gasteiger partial charge >= 0.3 is 18.0 Å². The highest BCUT2D eigenvalue weighted by Crippen LogP contribution is 2.23. The van der Waals surface area contributed by atoms with Crippen molar-refractivity contribution in [3.05, 3.63) is 53.9 Å². The van der Waals surface area contributed by atoms with Crippen LogP contribution in [-0.2, 0) is 20.9 Å². The number of benzene rings is 1. The molecule has 0 bridgehead atoms. The molecule has 226 valence electrons. The number of nitrogens with two attached hydrogens (primary N) is 2. The number of aliphatic carboxylic acids is 2. The lowest BCUT2D eigenvalue weighted by molar-refractivity contribution is -0.140. The summed E-state index contributed by atoms with van der Waals surface area (Å²) in [5, 5.41) is 20.5. The number of hydrogen-bond donors (Lipinski definition) is 5. The van der Waals surface area contributed by atoms with Crippen LogP contribution in [0.5, 0.6) is 0 Å². The number of anilines is 3. The molecule has 0 aliphatic heterocycles. The highest BCUT2D eigenvalue weighted by atomic mass is 16.6. The van der Waals surface area contributed by atoms with E-state index in [0.29, 0.717) is 17.8 Å². The van der Waals surface area contributed by atoms with Crippen LogP contribution in [0.2, 0.25) is 0 Å². The Labute approximate surface area is 246 Å². The average Bonchev–Trinajstić information content (AvgIpc) is 2.95. The second-order valence-electron chi connectivity index (χ2n) is 9.92. The normalized spacial score (nSPS) is 16.3. The Kier molecular flexibility index (Phi) is 9.98. The van der Waals surface area contributed by atoms with Gasteiger partial charge in [0.25, 0.3) is 5.91 Å². The van der Waals surface area contributed by atoms with E-state index in [1.807, 2.05) is 12.2 Å². The average molecular weight is 593 g/mol. The summed E-state index contributed by atoms with van der Waals surface area (Å²) in [6.45, 7) is -0.0795. The Balaban J connectivity index is 1.58. The van der Waals surface area contributed by atoms with Crippen LogP contribution in [-0.4, -0.2) is 66.2 Å². The fourth-order valence-electron chi connectivity index (χ4n) is 4.46. The fourth-order valence-corrected chi connectivity index (χ4v) is 4.46. The Morgan fingerprint density at radius 1 is 1.05 bits per heavy atom. The molecule has 2 heterocycles. The summed E-state index contributed by atoms with van der Waals surface area (Å²) in [7, 11) is 0. The number of allylic oxidation sites excluding steroid dienone is 1. The molecule has 15 heteroatoms. The molecule has 0 spiro atoms. The van der Waals surface area contributed by atoms with Gasteiger partial charge in [0, 0.05) is 17.7 Å². The lowest BCUT2D eigenvalue weighted by Crippen LogP contribution is -2.41. The van der Waals surface area contributed by atoms with Gasteiger partial charge in [0.1, 0.15) is 12.1 Å². The third kappa shape index (κ3) is 8.34. The summed E-state index contributed by atoms with van der Waals surface area (Å²) < 4.78 is 5.84. The molecule has 1 aromatic carbocycles. The summed E-state index contributed by atoms with van der Waals surface area (Å²) in [4.78, 5) is 66.6. The summed E-state index contributed by atoms with van der Waals surface area (Å²) in [6, 6.07) is 4.45. The van der Waals surface area contributed by atoms with Gasteiger partial charge in [0.05, 0.1) is 18.4 Å². The van der Waals surface area contributed by atoms with Gasteiger partial charge in [-0.3, -0.25) is 14.5 Å². The predicted octanol–water partition coefficient (Wildman–Crippen LogP) is 2.66. The molecule has 3 aromatic rings. The number of nitrogens with zero attached hydrogens (tertiary/aromatic N) is 5. The quantitative estimate of drug-likeness (QED) is 0.213. The number of fused-ring (bicyclic) bond motifs is 1. The summed E-state index contributed by atoms with van der Waals surface area (Å²) >= 11 is 0. The first-order valence-electron chi connectivity index (χ1n) is 13.7. The molecule has 2 aromatic heterocycles. The van der Waals surface area contributed by atoms with Gasteiger partial charge in [-0.1, -0.05) is 12.5 Å². The first kappa shape index (κ1) is 30.6. The smallest absolute Gasteiger partial charge is 0.415 e. The van der Waals surface area contributed by atoms with Gasteiger partial charge in [-0.2, -0.15) is 9.97 Å². The molecule has 7 N–H and O–H groups in total. The number of carbonyl (C=O) groups is 4. The maximum Gasteiger partial charge on any atom is 0.415 e. The number of nitrogens with one attached hydrogen (secondary N) is 1. The number of nitrogen functional groups attached to an aromatic ring is 2. The molecule has 4 rings (SSSR count). The van der Waals surface area contributed by atoms with Crippen LogP contribution in [0.25, 0.3) is 11.2 Å². The molecular weight excluding hydrogens is 560 g/mol. The Morgan fingerprint density at radius 3 is 2.53 bits per heavy atom. The van der Waals surface area contributed by atoms with E-state index in [4.69, 9.17) is 21.3 Å². The molecule has 15 nitrogen and oxygen atoms in total. The number of hydrogen-bond acceptors (Lipinski definition) is 11. The van der Waals surface area contributed by atoms with Crippen molar-refractivity contribution >= 4 is 52.6 Å². The van der Waals surface area contributed by atoms with Crippen LogP contribution >= 0.6 is 0 Å². The molecule has 0 fully saturated rings. The highest BCUT2D eigenvalue weighted by molar-refractivity contribution is 5.97. The number of aromatic nitrogens is 4. The molecule has 2 atom stereocenters. The number of ether oxygens (including phenoxy) is 1. The number of rotatable bonds is 10. The van der Waals surface area contributed by atoms with Gasteiger partial charge in [0.2, 0.25) is 5.95 Å². The van der Waals surface area contributed by atoms with Gasteiger partial charge < -0.3 is 31.7 Å². The zero-order chi connectivity index (χ0) is 30.9. The molecule has 1 aliphatic rings. The van der Waals surface area contributed by atoms with Crippen molar-refractivity contribution in [2.24, 2.45) is 0 Å². The number of amides is 2. The van der Waals surface area contributed by atoms with Crippen LogP contribution in [0, 0.1) is 0 Å². The minimum atomic E-state index is -1.38. The first-order chi connectivity index (χ1) is 20.6. The van der Waals surface area contributed by atoms with Crippen molar-refractivity contribution in [2.45, 2.75) is 63.6 Å². The van der Waals surface area contributed by atoms with Gasteiger partial charge in [-0.15, -0.1) is 0 Å². The number of carbonyl (C=O) groups excluding carboxylic acids is 2. The van der Waals surface area contributed by atoms with Crippen LogP contribution in [0.1, 0.15) is 61.0 Å². The fraction of sp³-hybridized carbons (Fsp3) is 0.357. The molecule has 1 unspecified atom stereocenters. The van der Waals surface area contributed by atoms with Crippen LogP contribution in [0.3, 0.4) is 0 Å². The zero-order valence-electron chi connectivity index (χ0n) is 23.2. The minimum Gasteiger partial charge on any atom is -0.481 e. The molecule has 2 amide bonds. The molecular formula is C28H32N8O7. The molecule has 0 radical (unpaired) electrons. The maximum atomic E-state index is 13.5. The van der Waals surface area contributed by atoms with E-state index in [1.165, 1.54) is 35.4 Å². The van der Waals surface area contributed by atoms with E-state index in [-0.39, 0.29) is 41.5 Å². The van der Waals surface area contributed by atoms with Crippen LogP contribution in [0.15, 0.2) is 42.6 Å². The first-order valence-corrected chi connectivity index (χ1v) is 13.7. The highest BCUT2D eigenvalue weighted by Gasteiger charge is 2.25. The van der Waals surface area contributed by atoms with E-state index >= 15 is 0 Å². The Morgan fingerprint density at radius 2 is 1.81 bits per heavy atom. The molecule has 43 heavy (non-hydrogen) atoms. The van der Waals surface area contributed by atoms with E-state index < -0.39 is 42.5 Å². The van der Waals surface area contributed by atoms with Crippen molar-refractivity contribution in [3.8, 4) is 0 Å². The van der Waals surface area contributed by atoms with Gasteiger partial charge in [0.15, 0.2) is 17.0 Å². The SMILES string of the molecule is Nc1nc(N)c2nc(CN(C(=O)OC3/C=C/CCCCC3)c3ccc(C(=O)N[C@@H](CCC(=O)O)C(=O)O)cc3)cnc2n1. The van der Waals surface area contributed by atoms with Gasteiger partial charge in [-0.05, 0) is 62.4 Å². The summed E-state index contributed by atoms with van der Waals surface area (Å²) in [6.07, 6.45) is 8.12. The lowest BCUT2D eigenvalue weighted by Gasteiger charge is -2.25. The maximum absolute atomic E-state index is 13.5. The van der Waals surface area contributed by atoms with Crippen molar-refractivity contribution in [1.29, 1.82) is 0 Å². The monoisotopic (exact) mass is 592 g/mol. The van der Waals surface area contributed by atoms with E-state index in [9.17, 15) is 24.3 Å². The largest absolute Gasteiger partial charge is 0.481 e. The van der Waals surface area contributed by atoms with Crippen molar-refractivity contribution in [1.82, 2.24) is 25.3 Å². The molecule has 0 saturated carbocycles. The zero-order valence-corrected chi connectivity index (χ0v) is 23.2. The van der Waals surface area contributed by atoms with Crippen LogP contribution in [0.4, 0.5) is 22.2 Å². The van der Waals surface area contributed by atoms with Gasteiger partial charge in [-0.25, -0.2) is 19.6 Å². The third-order valence-electron chi connectivity index (χ3n) is 6.70. The standard InChI is InChI=1S/C28H32N8O7/c29-23-22-24(35-27(30)34-23)31-14-17(32-22)15-36(28(42)43-19-6-4-2-1-3-5-7-19)18-10-8-16(9-11-18)25(39)33-20(26(40)41)12-13-21(37)38/h4,6,8-11,14,19-20H,1-3,5,7,12-13,15H2,(H,33,39)(H,37,38)(H,40,41)(H4,29,30,31,34,35)/b6-4+/t19?,20-/m0/s1. The summed E-state index contributed by atoms with van der Waals surface area (Å²) in [5.41, 5.74) is 12.8. The van der Waals surface area contributed by atoms with Crippen molar-refractivity contribution in [2.75, 3.05) is 16.4 Å².